The highest BCUT2D eigenvalue weighted by molar-refractivity contribution is 7.91. The number of carbonyl (C=O) groups is 2. The van der Waals surface area contributed by atoms with Gasteiger partial charge in [-0.2, -0.15) is 0 Å². The first kappa shape index (κ1) is 23.0. The van der Waals surface area contributed by atoms with Crippen LogP contribution in [0.1, 0.15) is 76.7 Å². The third-order valence-corrected chi connectivity index (χ3v) is 8.98. The molecule has 2 saturated carbocycles. The monoisotopic (exact) mass is 433 g/mol. The highest BCUT2D eigenvalue weighted by Gasteiger charge is 2.32. The maximum Gasteiger partial charge on any atom is 0.234 e. The van der Waals surface area contributed by atoms with Crippen LogP contribution in [-0.2, 0) is 19.4 Å². The summed E-state index contributed by atoms with van der Waals surface area (Å²) in [7, 11) is -3.41. The zero-order chi connectivity index (χ0) is 21.7. The molecular formula is C24H35NO4S. The van der Waals surface area contributed by atoms with Crippen molar-refractivity contribution in [3.8, 4) is 0 Å². The van der Waals surface area contributed by atoms with E-state index in [0.717, 1.165) is 38.5 Å². The van der Waals surface area contributed by atoms with Gasteiger partial charge < -0.3 is 10.1 Å². The summed E-state index contributed by atoms with van der Waals surface area (Å²) in [6, 6.07) is 6.45. The van der Waals surface area contributed by atoms with Gasteiger partial charge in [-0.15, -0.1) is 0 Å². The van der Waals surface area contributed by atoms with Crippen molar-refractivity contribution in [2.45, 2.75) is 82.1 Å². The Morgan fingerprint density at radius 1 is 1.00 bits per heavy atom. The lowest BCUT2D eigenvalue weighted by atomic mass is 9.75. The number of sulfone groups is 1. The molecule has 0 aromatic heterocycles. The maximum atomic E-state index is 13.0. The third kappa shape index (κ3) is 5.51. The highest BCUT2D eigenvalue weighted by Crippen LogP contribution is 2.36. The number of hydrogen-bond donors (Lipinski definition) is 1. The fourth-order valence-corrected chi connectivity index (χ4v) is 7.05. The van der Waals surface area contributed by atoms with E-state index in [9.17, 15) is 18.0 Å². The molecule has 3 unspecified atom stereocenters. The van der Waals surface area contributed by atoms with Crippen molar-refractivity contribution in [1.82, 2.24) is 5.32 Å². The summed E-state index contributed by atoms with van der Waals surface area (Å²) in [6.07, 6.45) is 9.28. The van der Waals surface area contributed by atoms with Gasteiger partial charge in [0.05, 0.1) is 10.6 Å². The quantitative estimate of drug-likeness (QED) is 0.514. The molecule has 3 atom stereocenters. The summed E-state index contributed by atoms with van der Waals surface area (Å²) in [4.78, 5) is 24.5. The van der Waals surface area contributed by atoms with Crippen LogP contribution in [0.25, 0.3) is 0 Å². The van der Waals surface area contributed by atoms with E-state index in [0.29, 0.717) is 23.7 Å². The number of amides is 1. The molecule has 1 aromatic carbocycles. The molecule has 166 valence electrons. The van der Waals surface area contributed by atoms with Gasteiger partial charge in [-0.3, -0.25) is 4.79 Å². The number of aldehydes is 1. The van der Waals surface area contributed by atoms with Crippen LogP contribution in [0.2, 0.25) is 0 Å². The summed E-state index contributed by atoms with van der Waals surface area (Å²) in [5, 5.41) is 2.99. The molecule has 1 N–H and O–H groups in total. The molecule has 5 nitrogen and oxygen atoms in total. The summed E-state index contributed by atoms with van der Waals surface area (Å²) < 4.78 is 26.0. The van der Waals surface area contributed by atoms with Crippen LogP contribution in [0.4, 0.5) is 0 Å². The van der Waals surface area contributed by atoms with Gasteiger partial charge in [0.15, 0.2) is 9.84 Å². The lowest BCUT2D eigenvalue weighted by molar-refractivity contribution is -0.126. The molecule has 2 aliphatic carbocycles. The van der Waals surface area contributed by atoms with Crippen molar-refractivity contribution >= 4 is 22.0 Å². The van der Waals surface area contributed by atoms with Crippen molar-refractivity contribution < 1.29 is 18.0 Å². The van der Waals surface area contributed by atoms with Crippen LogP contribution in [-0.4, -0.2) is 32.4 Å². The Morgan fingerprint density at radius 3 is 2.17 bits per heavy atom. The molecule has 30 heavy (non-hydrogen) atoms. The predicted molar refractivity (Wildman–Crippen MR) is 118 cm³/mol. The zero-order valence-corrected chi connectivity index (χ0v) is 19.0. The first-order valence-electron chi connectivity index (χ1n) is 11.4. The Kier molecular flexibility index (Phi) is 7.72. The molecule has 0 bridgehead atoms. The van der Waals surface area contributed by atoms with Gasteiger partial charge in [0.1, 0.15) is 12.2 Å². The van der Waals surface area contributed by atoms with E-state index < -0.39 is 15.8 Å². The number of nitrogens with one attached hydrogen (secondary N) is 1. The lowest BCUT2D eigenvalue weighted by Gasteiger charge is -2.34. The third-order valence-electron chi connectivity index (χ3n) is 7.16. The zero-order valence-electron chi connectivity index (χ0n) is 18.2. The number of hydrogen-bond acceptors (Lipinski definition) is 4. The predicted octanol–water partition coefficient (Wildman–Crippen LogP) is 4.26. The van der Waals surface area contributed by atoms with E-state index in [1.807, 2.05) is 0 Å². The second kappa shape index (κ2) is 10.1. The molecular weight excluding hydrogens is 398 g/mol. The molecule has 2 aliphatic rings. The average molecular weight is 434 g/mol. The van der Waals surface area contributed by atoms with E-state index in [2.05, 4.69) is 19.2 Å². The van der Waals surface area contributed by atoms with Crippen LogP contribution in [0, 0.1) is 17.8 Å². The van der Waals surface area contributed by atoms with Crippen molar-refractivity contribution in [2.24, 2.45) is 17.8 Å². The van der Waals surface area contributed by atoms with Crippen LogP contribution in [0.3, 0.4) is 0 Å². The molecule has 0 heterocycles. The molecule has 0 radical (unpaired) electrons. The lowest BCUT2D eigenvalue weighted by Crippen LogP contribution is -2.39. The van der Waals surface area contributed by atoms with Crippen LogP contribution < -0.4 is 5.32 Å². The Bertz CT molecular complexity index is 817. The van der Waals surface area contributed by atoms with Crippen molar-refractivity contribution in [3.05, 3.63) is 29.8 Å². The molecule has 0 aliphatic heterocycles. The first-order chi connectivity index (χ1) is 14.3. The van der Waals surface area contributed by atoms with Gasteiger partial charge >= 0.3 is 0 Å². The van der Waals surface area contributed by atoms with E-state index in [4.69, 9.17) is 0 Å². The first-order valence-corrected chi connectivity index (χ1v) is 13.1. The minimum Gasteiger partial charge on any atom is -0.352 e. The van der Waals surface area contributed by atoms with Gasteiger partial charge in [0, 0.05) is 6.04 Å². The van der Waals surface area contributed by atoms with Gasteiger partial charge in [-0.25, -0.2) is 8.42 Å². The average Bonchev–Trinajstić information content (AvgIpc) is 2.72. The maximum absolute atomic E-state index is 13.0. The van der Waals surface area contributed by atoms with E-state index >= 15 is 0 Å². The smallest absolute Gasteiger partial charge is 0.234 e. The number of carbonyl (C=O) groups excluding carboxylic acids is 2. The molecule has 0 saturated heterocycles. The van der Waals surface area contributed by atoms with Gasteiger partial charge in [0.2, 0.25) is 5.91 Å². The van der Waals surface area contributed by atoms with Gasteiger partial charge in [-0.1, -0.05) is 64.5 Å². The second-order valence-electron chi connectivity index (χ2n) is 9.36. The van der Waals surface area contributed by atoms with Crippen molar-refractivity contribution in [2.75, 3.05) is 5.75 Å². The Balaban J connectivity index is 1.69. The van der Waals surface area contributed by atoms with Crippen LogP contribution >= 0.6 is 0 Å². The van der Waals surface area contributed by atoms with Crippen LogP contribution in [0.15, 0.2) is 29.2 Å². The van der Waals surface area contributed by atoms with Crippen molar-refractivity contribution in [1.29, 1.82) is 0 Å². The minimum absolute atomic E-state index is 0.132. The second-order valence-corrected chi connectivity index (χ2v) is 11.4. The van der Waals surface area contributed by atoms with Crippen LogP contribution in [0.5, 0.6) is 0 Å². The van der Waals surface area contributed by atoms with E-state index in [1.165, 1.54) is 12.8 Å². The summed E-state index contributed by atoms with van der Waals surface area (Å²) >= 11 is 0. The molecule has 1 amide bonds. The Hall–Kier alpha value is -1.69. The number of rotatable bonds is 7. The minimum atomic E-state index is -3.41. The molecule has 6 heteroatoms. The highest BCUT2D eigenvalue weighted by atomic mass is 32.2. The summed E-state index contributed by atoms with van der Waals surface area (Å²) in [5.74, 6) is -0.0446. The van der Waals surface area contributed by atoms with Gasteiger partial charge in [-0.05, 0) is 48.3 Å². The summed E-state index contributed by atoms with van der Waals surface area (Å²) in [6.45, 7) is 4.30. The van der Waals surface area contributed by atoms with E-state index in [1.54, 1.807) is 24.3 Å². The largest absolute Gasteiger partial charge is 0.352 e. The topological polar surface area (TPSA) is 80.3 Å². The molecule has 2 fully saturated rings. The fraction of sp³-hybridized carbons (Fsp3) is 0.667. The standard InChI is InChI=1S/C24H35NO4S/c1-17-7-6-8-18(2)23(17)16-30(28,29)21-13-11-19(12-14-21)22(15-26)24(27)25-20-9-4-3-5-10-20/h11-15,17-18,20,22-23H,3-10,16H2,1-2H3,(H,25,27). The molecule has 0 spiro atoms. The fourth-order valence-electron chi connectivity index (χ4n) is 5.14. The SMILES string of the molecule is CC1CCCC(C)C1CS(=O)(=O)c1ccc(C(C=O)C(=O)NC2CCCCC2)cc1. The van der Waals surface area contributed by atoms with Gasteiger partial charge in [0.25, 0.3) is 0 Å². The number of benzene rings is 1. The summed E-state index contributed by atoms with van der Waals surface area (Å²) in [5.41, 5.74) is 0.539. The molecule has 1 aromatic rings. The normalized spacial score (nSPS) is 26.7. The molecule has 3 rings (SSSR count). The van der Waals surface area contributed by atoms with Crippen molar-refractivity contribution in [3.63, 3.8) is 0 Å². The Labute approximate surface area is 180 Å². The van der Waals surface area contributed by atoms with E-state index in [-0.39, 0.29) is 28.5 Å². The Morgan fingerprint density at radius 2 is 1.60 bits per heavy atom.